The lowest BCUT2D eigenvalue weighted by atomic mass is 9.81. The van der Waals surface area contributed by atoms with Gasteiger partial charge in [0.15, 0.2) is 12.4 Å². The van der Waals surface area contributed by atoms with Crippen LogP contribution in [0.4, 0.5) is 0 Å². The number of ether oxygens (including phenoxy) is 1. The van der Waals surface area contributed by atoms with E-state index >= 15 is 0 Å². The van der Waals surface area contributed by atoms with E-state index in [1.54, 1.807) is 12.1 Å². The maximum absolute atomic E-state index is 12.8. The SMILES string of the molecule is Cc1ccc(C(=O)COC(=O)CCN2C(=O)[C@@H]3[C@H]4C[C@@H]([C@H](Br)[C@H]4Br)[C@H]3C2=O)cc1C. The average Bonchev–Trinajstić information content (AvgIpc) is 3.32. The van der Waals surface area contributed by atoms with Crippen LogP contribution in [0, 0.1) is 37.5 Å². The molecule has 1 saturated heterocycles. The summed E-state index contributed by atoms with van der Waals surface area (Å²) in [6.07, 6.45) is 0.761. The molecular weight excluding hydrogens is 518 g/mol. The van der Waals surface area contributed by atoms with Gasteiger partial charge >= 0.3 is 5.97 Å². The molecule has 8 heteroatoms. The molecule has 2 amide bonds. The summed E-state index contributed by atoms with van der Waals surface area (Å²) in [4.78, 5) is 51.6. The van der Waals surface area contributed by atoms with Gasteiger partial charge in [-0.05, 0) is 49.3 Å². The molecule has 3 fully saturated rings. The van der Waals surface area contributed by atoms with Crippen molar-refractivity contribution >= 4 is 55.4 Å². The van der Waals surface area contributed by atoms with Crippen LogP contribution in [0.2, 0.25) is 0 Å². The molecular formula is C22H23Br2NO5. The molecule has 0 unspecified atom stereocenters. The Morgan fingerprint density at radius 1 is 1.03 bits per heavy atom. The number of aryl methyl sites for hydroxylation is 2. The van der Waals surface area contributed by atoms with E-state index in [9.17, 15) is 19.2 Å². The second-order valence-corrected chi connectivity index (χ2v) is 10.6. The van der Waals surface area contributed by atoms with Crippen molar-refractivity contribution in [1.82, 2.24) is 4.90 Å². The number of likely N-dealkylation sites (tertiary alicyclic amines) is 1. The zero-order chi connectivity index (χ0) is 21.7. The molecule has 4 rings (SSSR count). The Morgan fingerprint density at radius 3 is 2.20 bits per heavy atom. The third-order valence-electron chi connectivity index (χ3n) is 6.81. The number of rotatable bonds is 6. The van der Waals surface area contributed by atoms with E-state index in [0.717, 1.165) is 17.5 Å². The van der Waals surface area contributed by atoms with Crippen LogP contribution in [0.3, 0.4) is 0 Å². The van der Waals surface area contributed by atoms with Gasteiger partial charge in [0.05, 0.1) is 18.3 Å². The maximum atomic E-state index is 12.8. The van der Waals surface area contributed by atoms with Crippen molar-refractivity contribution in [2.75, 3.05) is 13.2 Å². The van der Waals surface area contributed by atoms with Gasteiger partial charge in [0, 0.05) is 21.8 Å². The number of alkyl halides is 2. The number of esters is 1. The molecule has 0 N–H and O–H groups in total. The zero-order valence-electron chi connectivity index (χ0n) is 16.8. The van der Waals surface area contributed by atoms with Gasteiger partial charge in [-0.15, -0.1) is 0 Å². The van der Waals surface area contributed by atoms with Crippen LogP contribution in [0.15, 0.2) is 18.2 Å². The van der Waals surface area contributed by atoms with Gasteiger partial charge in [-0.3, -0.25) is 24.1 Å². The Balaban J connectivity index is 1.30. The second kappa shape index (κ2) is 8.19. The van der Waals surface area contributed by atoms with Gasteiger partial charge in [-0.1, -0.05) is 44.0 Å². The molecule has 0 spiro atoms. The number of amides is 2. The number of Topliss-reactive ketones (excluding diaryl/α,β-unsaturated/α-hetero) is 1. The lowest BCUT2D eigenvalue weighted by Crippen LogP contribution is -2.37. The Hall–Kier alpha value is -1.54. The maximum Gasteiger partial charge on any atom is 0.308 e. The molecule has 6 nitrogen and oxygen atoms in total. The summed E-state index contributed by atoms with van der Waals surface area (Å²) in [5, 5.41) is 0. The fourth-order valence-corrected chi connectivity index (χ4v) is 6.92. The molecule has 6 atom stereocenters. The quantitative estimate of drug-likeness (QED) is 0.239. The van der Waals surface area contributed by atoms with Gasteiger partial charge in [0.2, 0.25) is 11.8 Å². The van der Waals surface area contributed by atoms with Crippen molar-refractivity contribution in [3.05, 3.63) is 34.9 Å². The van der Waals surface area contributed by atoms with Crippen LogP contribution in [0.25, 0.3) is 0 Å². The van der Waals surface area contributed by atoms with Crippen LogP contribution in [-0.2, 0) is 19.1 Å². The van der Waals surface area contributed by atoms with Gasteiger partial charge in [0.25, 0.3) is 0 Å². The number of imide groups is 1. The molecule has 2 bridgehead atoms. The third-order valence-corrected chi connectivity index (χ3v) is 10.0. The molecule has 0 radical (unpaired) electrons. The van der Waals surface area contributed by atoms with Gasteiger partial charge in [0.1, 0.15) is 0 Å². The van der Waals surface area contributed by atoms with E-state index in [1.807, 2.05) is 19.9 Å². The Morgan fingerprint density at radius 2 is 1.63 bits per heavy atom. The molecule has 1 aromatic rings. The number of nitrogens with zero attached hydrogens (tertiary/aromatic N) is 1. The predicted octanol–water partition coefficient (Wildman–Crippen LogP) is 3.20. The fraction of sp³-hybridized carbons (Fsp3) is 0.545. The molecule has 3 aliphatic rings. The minimum absolute atomic E-state index is 0.000670. The third kappa shape index (κ3) is 3.55. The summed E-state index contributed by atoms with van der Waals surface area (Å²) in [5.41, 5.74) is 2.57. The summed E-state index contributed by atoms with van der Waals surface area (Å²) in [5.74, 6) is -1.52. The topological polar surface area (TPSA) is 80.8 Å². The van der Waals surface area contributed by atoms with E-state index in [4.69, 9.17) is 4.74 Å². The second-order valence-electron chi connectivity index (χ2n) is 8.46. The highest BCUT2D eigenvalue weighted by molar-refractivity contribution is 9.12. The summed E-state index contributed by atoms with van der Waals surface area (Å²) in [6, 6.07) is 5.34. The number of fused-ring (bicyclic) bond motifs is 5. The van der Waals surface area contributed by atoms with Crippen molar-refractivity contribution in [3.63, 3.8) is 0 Å². The molecule has 1 heterocycles. The Kier molecular flexibility index (Phi) is 5.92. The van der Waals surface area contributed by atoms with Crippen molar-refractivity contribution in [1.29, 1.82) is 0 Å². The highest BCUT2D eigenvalue weighted by Gasteiger charge is 2.66. The van der Waals surface area contributed by atoms with E-state index in [2.05, 4.69) is 31.9 Å². The van der Waals surface area contributed by atoms with Crippen molar-refractivity contribution in [2.45, 2.75) is 36.3 Å². The van der Waals surface area contributed by atoms with Crippen molar-refractivity contribution in [2.24, 2.45) is 23.7 Å². The van der Waals surface area contributed by atoms with Crippen LogP contribution >= 0.6 is 31.9 Å². The molecule has 2 saturated carbocycles. The summed E-state index contributed by atoms with van der Waals surface area (Å²) in [7, 11) is 0. The highest BCUT2D eigenvalue weighted by Crippen LogP contribution is 2.60. The average molecular weight is 541 g/mol. The molecule has 1 aliphatic heterocycles. The summed E-state index contributed by atoms with van der Waals surface area (Å²) >= 11 is 7.31. The lowest BCUT2D eigenvalue weighted by Gasteiger charge is -2.28. The molecule has 30 heavy (non-hydrogen) atoms. The van der Waals surface area contributed by atoms with Crippen molar-refractivity contribution in [3.8, 4) is 0 Å². The molecule has 160 valence electrons. The smallest absolute Gasteiger partial charge is 0.308 e. The van der Waals surface area contributed by atoms with E-state index < -0.39 is 5.97 Å². The highest BCUT2D eigenvalue weighted by atomic mass is 79.9. The number of hydrogen-bond donors (Lipinski definition) is 0. The van der Waals surface area contributed by atoms with E-state index in [0.29, 0.717) is 5.56 Å². The largest absolute Gasteiger partial charge is 0.457 e. The fourth-order valence-electron chi connectivity index (χ4n) is 5.05. The Bertz CT molecular complexity index is 900. The zero-order valence-corrected chi connectivity index (χ0v) is 19.9. The number of ketones is 1. The van der Waals surface area contributed by atoms with Crippen LogP contribution in [0.1, 0.15) is 34.3 Å². The van der Waals surface area contributed by atoms with Gasteiger partial charge in [-0.2, -0.15) is 0 Å². The van der Waals surface area contributed by atoms with Crippen molar-refractivity contribution < 1.29 is 23.9 Å². The lowest BCUT2D eigenvalue weighted by molar-refractivity contribution is -0.145. The van der Waals surface area contributed by atoms with Gasteiger partial charge in [-0.25, -0.2) is 0 Å². The van der Waals surface area contributed by atoms with Crippen LogP contribution in [-0.4, -0.2) is 51.3 Å². The molecule has 2 aliphatic carbocycles. The first-order chi connectivity index (χ1) is 14.2. The first-order valence-electron chi connectivity index (χ1n) is 10.1. The number of benzene rings is 1. The van der Waals surface area contributed by atoms with E-state index in [1.165, 1.54) is 4.90 Å². The molecule has 0 aromatic heterocycles. The predicted molar refractivity (Wildman–Crippen MR) is 117 cm³/mol. The van der Waals surface area contributed by atoms with E-state index in [-0.39, 0.29) is 70.5 Å². The Labute approximate surface area is 192 Å². The monoisotopic (exact) mass is 539 g/mol. The minimum atomic E-state index is -0.593. The number of halogens is 2. The van der Waals surface area contributed by atoms with Crippen LogP contribution < -0.4 is 0 Å². The van der Waals surface area contributed by atoms with Crippen LogP contribution in [0.5, 0.6) is 0 Å². The first-order valence-corrected chi connectivity index (χ1v) is 11.9. The number of hydrogen-bond acceptors (Lipinski definition) is 5. The van der Waals surface area contributed by atoms with Gasteiger partial charge < -0.3 is 4.74 Å². The number of carbonyl (C=O) groups is 4. The number of carbonyl (C=O) groups excluding carboxylic acids is 4. The normalized spacial score (nSPS) is 31.9. The summed E-state index contributed by atoms with van der Waals surface area (Å²) in [6.45, 7) is 3.52. The first kappa shape index (κ1) is 21.7. The summed E-state index contributed by atoms with van der Waals surface area (Å²) < 4.78 is 5.09. The molecule has 1 aromatic carbocycles. The standard InChI is InChI=1S/C22H23Br2NO5/c1-10-3-4-12(7-11(10)2)15(26)9-30-16(27)5-6-25-21(28)17-13-8-14(18(17)22(25)29)20(24)19(13)23/h3-4,7,13-14,17-20H,5-6,8-9H2,1-2H3/t13-,14-,17-,18-,19+,20+/m1/s1. The minimum Gasteiger partial charge on any atom is -0.457 e.